The van der Waals surface area contributed by atoms with Crippen molar-refractivity contribution in [3.8, 4) is 11.5 Å². The molecule has 0 spiro atoms. The van der Waals surface area contributed by atoms with Crippen LogP contribution in [0.15, 0.2) is 30.0 Å². The van der Waals surface area contributed by atoms with Gasteiger partial charge >= 0.3 is 6.03 Å². The summed E-state index contributed by atoms with van der Waals surface area (Å²) in [7, 11) is 1.62. The molecule has 1 aromatic carbocycles. The Morgan fingerprint density at radius 1 is 1.44 bits per heavy atom. The number of carbonyl (C=O) groups is 1. The third-order valence-electron chi connectivity index (χ3n) is 5.79. The SMILES string of the molecule is CNC(=O)N1CC=C(C2COc3c2cnc(N)c3O[C@H](C)c2c(Cl)ccc(F)c2Cl)CC1. The van der Waals surface area contributed by atoms with Crippen molar-refractivity contribution in [2.24, 2.45) is 0 Å². The Balaban J connectivity index is 1.60. The van der Waals surface area contributed by atoms with Gasteiger partial charge in [0.1, 0.15) is 11.9 Å². The topological polar surface area (TPSA) is 89.7 Å². The van der Waals surface area contributed by atoms with Crippen LogP contribution in [0.4, 0.5) is 15.0 Å². The number of pyridine rings is 1. The van der Waals surface area contributed by atoms with E-state index in [2.05, 4.69) is 10.3 Å². The minimum Gasteiger partial charge on any atom is -0.488 e. The minimum absolute atomic E-state index is 0.0102. The lowest BCUT2D eigenvalue weighted by atomic mass is 9.89. The fraction of sp³-hybridized carbons (Fsp3) is 0.364. The lowest BCUT2D eigenvalue weighted by Gasteiger charge is -2.28. The van der Waals surface area contributed by atoms with Gasteiger partial charge in [0.25, 0.3) is 0 Å². The van der Waals surface area contributed by atoms with Crippen molar-refractivity contribution in [2.75, 3.05) is 32.5 Å². The van der Waals surface area contributed by atoms with Crippen LogP contribution >= 0.6 is 23.2 Å². The third kappa shape index (κ3) is 4.04. The zero-order valence-corrected chi connectivity index (χ0v) is 19.1. The predicted molar refractivity (Wildman–Crippen MR) is 121 cm³/mol. The summed E-state index contributed by atoms with van der Waals surface area (Å²) in [6, 6.07) is 2.53. The first-order valence-corrected chi connectivity index (χ1v) is 10.9. The van der Waals surface area contributed by atoms with E-state index in [1.807, 2.05) is 6.08 Å². The Labute approximate surface area is 195 Å². The average molecular weight is 481 g/mol. The summed E-state index contributed by atoms with van der Waals surface area (Å²) in [5.74, 6) is 0.342. The van der Waals surface area contributed by atoms with Gasteiger partial charge in [0.2, 0.25) is 5.75 Å². The van der Waals surface area contributed by atoms with Gasteiger partial charge in [0, 0.05) is 48.4 Å². The van der Waals surface area contributed by atoms with Gasteiger partial charge in [0.05, 0.1) is 11.6 Å². The number of amides is 2. The number of nitrogens with two attached hydrogens (primary N) is 1. The smallest absolute Gasteiger partial charge is 0.317 e. The molecule has 2 atom stereocenters. The molecule has 7 nitrogen and oxygen atoms in total. The maximum atomic E-state index is 14.0. The van der Waals surface area contributed by atoms with Gasteiger partial charge in [-0.15, -0.1) is 0 Å². The van der Waals surface area contributed by atoms with Gasteiger partial charge in [-0.1, -0.05) is 34.9 Å². The highest BCUT2D eigenvalue weighted by Crippen LogP contribution is 2.48. The third-order valence-corrected chi connectivity index (χ3v) is 6.50. The predicted octanol–water partition coefficient (Wildman–Crippen LogP) is 4.70. The molecule has 3 N–H and O–H groups in total. The molecular weight excluding hydrogens is 458 g/mol. The molecule has 0 aliphatic carbocycles. The summed E-state index contributed by atoms with van der Waals surface area (Å²) < 4.78 is 26.0. The van der Waals surface area contributed by atoms with E-state index in [4.69, 9.17) is 38.4 Å². The average Bonchev–Trinajstić information content (AvgIpc) is 3.22. The molecule has 2 aliphatic heterocycles. The molecule has 2 aromatic rings. The Morgan fingerprint density at radius 2 is 2.22 bits per heavy atom. The summed E-state index contributed by atoms with van der Waals surface area (Å²) in [6.07, 6.45) is 3.77. The van der Waals surface area contributed by atoms with E-state index in [-0.39, 0.29) is 33.6 Å². The second-order valence-electron chi connectivity index (χ2n) is 7.67. The summed E-state index contributed by atoms with van der Waals surface area (Å²) >= 11 is 12.4. The normalized spacial score (nSPS) is 18.5. The maximum Gasteiger partial charge on any atom is 0.317 e. The van der Waals surface area contributed by atoms with Crippen molar-refractivity contribution in [3.63, 3.8) is 0 Å². The van der Waals surface area contributed by atoms with Crippen LogP contribution < -0.4 is 20.5 Å². The molecule has 0 fully saturated rings. The van der Waals surface area contributed by atoms with E-state index in [9.17, 15) is 9.18 Å². The van der Waals surface area contributed by atoms with E-state index in [1.165, 1.54) is 17.7 Å². The second-order valence-corrected chi connectivity index (χ2v) is 8.45. The number of nitrogens with zero attached hydrogens (tertiary/aromatic N) is 2. The Bertz CT molecular complexity index is 1100. The molecule has 3 heterocycles. The number of nitrogen functional groups attached to an aromatic ring is 1. The summed E-state index contributed by atoms with van der Waals surface area (Å²) in [4.78, 5) is 17.9. The van der Waals surface area contributed by atoms with Crippen LogP contribution in [0.3, 0.4) is 0 Å². The van der Waals surface area contributed by atoms with Crippen molar-refractivity contribution in [2.45, 2.75) is 25.4 Å². The molecule has 0 radical (unpaired) electrons. The fourth-order valence-corrected chi connectivity index (χ4v) is 4.75. The van der Waals surface area contributed by atoms with Crippen LogP contribution in [-0.4, -0.2) is 42.7 Å². The van der Waals surface area contributed by atoms with E-state index in [0.29, 0.717) is 31.0 Å². The Morgan fingerprint density at radius 3 is 2.91 bits per heavy atom. The zero-order valence-electron chi connectivity index (χ0n) is 17.6. The number of aromatic nitrogens is 1. The van der Waals surface area contributed by atoms with Crippen LogP contribution in [0.1, 0.15) is 36.5 Å². The molecule has 4 rings (SSSR count). The molecule has 32 heavy (non-hydrogen) atoms. The summed E-state index contributed by atoms with van der Waals surface area (Å²) in [5, 5.41) is 2.83. The van der Waals surface area contributed by atoms with Crippen molar-refractivity contribution in [3.05, 3.63) is 57.0 Å². The van der Waals surface area contributed by atoms with Crippen LogP contribution in [0.25, 0.3) is 0 Å². The summed E-state index contributed by atoms with van der Waals surface area (Å²) in [6.45, 7) is 3.27. The highest BCUT2D eigenvalue weighted by atomic mass is 35.5. The van der Waals surface area contributed by atoms with Crippen molar-refractivity contribution in [1.82, 2.24) is 15.2 Å². The number of anilines is 1. The van der Waals surface area contributed by atoms with Gasteiger partial charge in [-0.25, -0.2) is 14.2 Å². The number of hydrogen-bond donors (Lipinski definition) is 2. The number of halogens is 3. The van der Waals surface area contributed by atoms with Crippen molar-refractivity contribution < 1.29 is 18.7 Å². The Kier molecular flexibility index (Phi) is 6.35. The zero-order chi connectivity index (χ0) is 23.0. The van der Waals surface area contributed by atoms with E-state index in [0.717, 1.165) is 12.0 Å². The molecule has 10 heteroatoms. The second kappa shape index (κ2) is 9.03. The van der Waals surface area contributed by atoms with Gasteiger partial charge in [-0.3, -0.25) is 0 Å². The molecule has 0 saturated carbocycles. The quantitative estimate of drug-likeness (QED) is 0.488. The minimum atomic E-state index is -0.695. The fourth-order valence-electron chi connectivity index (χ4n) is 4.07. The number of rotatable bonds is 4. The first-order valence-electron chi connectivity index (χ1n) is 10.2. The first kappa shape index (κ1) is 22.5. The number of benzene rings is 1. The number of nitrogens with one attached hydrogen (secondary N) is 1. The maximum absolute atomic E-state index is 14.0. The van der Waals surface area contributed by atoms with Crippen molar-refractivity contribution >= 4 is 35.1 Å². The lowest BCUT2D eigenvalue weighted by molar-refractivity contribution is 0.203. The van der Waals surface area contributed by atoms with Crippen LogP contribution in [0.5, 0.6) is 11.5 Å². The highest BCUT2D eigenvalue weighted by molar-refractivity contribution is 6.36. The summed E-state index contributed by atoms with van der Waals surface area (Å²) in [5.41, 5.74) is 8.45. The molecule has 2 amide bonds. The number of fused-ring (bicyclic) bond motifs is 1. The van der Waals surface area contributed by atoms with E-state index < -0.39 is 11.9 Å². The van der Waals surface area contributed by atoms with E-state index >= 15 is 0 Å². The van der Waals surface area contributed by atoms with Gasteiger partial charge in [-0.05, 0) is 25.5 Å². The number of urea groups is 1. The van der Waals surface area contributed by atoms with Crippen LogP contribution in [0, 0.1) is 5.82 Å². The molecule has 2 aliphatic rings. The highest BCUT2D eigenvalue weighted by Gasteiger charge is 2.34. The molecule has 0 bridgehead atoms. The van der Waals surface area contributed by atoms with Crippen molar-refractivity contribution in [1.29, 1.82) is 0 Å². The number of ether oxygens (including phenoxy) is 2. The molecule has 170 valence electrons. The molecule has 1 unspecified atom stereocenters. The first-order chi connectivity index (χ1) is 15.3. The van der Waals surface area contributed by atoms with E-state index in [1.54, 1.807) is 25.1 Å². The van der Waals surface area contributed by atoms with Gasteiger partial charge in [0.15, 0.2) is 11.6 Å². The monoisotopic (exact) mass is 480 g/mol. The largest absolute Gasteiger partial charge is 0.488 e. The molecule has 1 aromatic heterocycles. The van der Waals surface area contributed by atoms with Crippen LogP contribution in [0.2, 0.25) is 10.0 Å². The number of carbonyl (C=O) groups excluding carboxylic acids is 1. The van der Waals surface area contributed by atoms with Gasteiger partial charge in [-0.2, -0.15) is 0 Å². The standard InChI is InChI=1S/C22H23Cl2FN4O3/c1-11(17-15(23)3-4-16(25)18(17)24)32-20-19-13(9-28-21(20)26)14(10-31-19)12-5-7-29(8-6-12)22(30)27-2/h3-5,9,11,14H,6-8,10H2,1-2H3,(H2,26,28)(H,27,30)/t11-,14?/m1/s1. The Hall–Kier alpha value is -2.71. The van der Waals surface area contributed by atoms with Crippen LogP contribution in [-0.2, 0) is 0 Å². The molecule has 0 saturated heterocycles. The lowest BCUT2D eigenvalue weighted by Crippen LogP contribution is -2.41. The van der Waals surface area contributed by atoms with Gasteiger partial charge < -0.3 is 25.4 Å². The number of hydrogen-bond acceptors (Lipinski definition) is 5. The molecular formula is C22H23Cl2FN4O3.